The van der Waals surface area contributed by atoms with E-state index in [1.54, 1.807) is 0 Å². The third kappa shape index (κ3) is 6.13. The highest BCUT2D eigenvalue weighted by Gasteiger charge is 2.30. The molecule has 1 amide bonds. The van der Waals surface area contributed by atoms with Crippen LogP contribution in [0.4, 0.5) is 4.79 Å². The lowest BCUT2D eigenvalue weighted by molar-refractivity contribution is 0.00966. The van der Waals surface area contributed by atoms with Crippen LogP contribution in [0.3, 0.4) is 0 Å². The average Bonchev–Trinajstić information content (AvgIpc) is 2.36. The number of carbonyl (C=O) groups is 1. The molecular formula is C17H35N3O2. The maximum Gasteiger partial charge on any atom is 0.410 e. The Morgan fingerprint density at radius 2 is 1.86 bits per heavy atom. The van der Waals surface area contributed by atoms with Crippen LogP contribution >= 0.6 is 0 Å². The van der Waals surface area contributed by atoms with E-state index < -0.39 is 5.60 Å². The zero-order valence-corrected chi connectivity index (χ0v) is 15.5. The van der Waals surface area contributed by atoms with Gasteiger partial charge >= 0.3 is 6.09 Å². The van der Waals surface area contributed by atoms with E-state index in [4.69, 9.17) is 4.74 Å². The predicted octanol–water partition coefficient (Wildman–Crippen LogP) is 2.71. The molecule has 5 heteroatoms. The van der Waals surface area contributed by atoms with Crippen molar-refractivity contribution < 1.29 is 9.53 Å². The molecule has 1 fully saturated rings. The van der Waals surface area contributed by atoms with Gasteiger partial charge in [0.05, 0.1) is 0 Å². The van der Waals surface area contributed by atoms with Gasteiger partial charge in [-0.3, -0.25) is 0 Å². The van der Waals surface area contributed by atoms with Gasteiger partial charge in [0.25, 0.3) is 0 Å². The molecule has 0 aliphatic carbocycles. The smallest absolute Gasteiger partial charge is 0.410 e. The first-order chi connectivity index (χ1) is 10.0. The summed E-state index contributed by atoms with van der Waals surface area (Å²) in [6.45, 7) is 12.7. The first-order valence-electron chi connectivity index (χ1n) is 8.41. The van der Waals surface area contributed by atoms with Crippen LogP contribution in [0.25, 0.3) is 0 Å². The maximum absolute atomic E-state index is 12.4. The number of ether oxygens (including phenoxy) is 1. The number of likely N-dealkylation sites (tertiary alicyclic amines) is 1. The van der Waals surface area contributed by atoms with Crippen molar-refractivity contribution >= 4 is 6.09 Å². The van der Waals surface area contributed by atoms with Gasteiger partial charge in [-0.1, -0.05) is 0 Å². The number of likely N-dealkylation sites (N-methyl/N-ethyl adjacent to an activating group) is 1. The highest BCUT2D eigenvalue weighted by molar-refractivity contribution is 5.68. The maximum atomic E-state index is 12.4. The first kappa shape index (κ1) is 19.2. The summed E-state index contributed by atoms with van der Waals surface area (Å²) in [7, 11) is 4.19. The molecule has 0 saturated carbocycles. The van der Waals surface area contributed by atoms with E-state index in [0.29, 0.717) is 0 Å². The van der Waals surface area contributed by atoms with E-state index >= 15 is 0 Å². The zero-order chi connectivity index (χ0) is 17.0. The van der Waals surface area contributed by atoms with Crippen molar-refractivity contribution in [3.8, 4) is 0 Å². The lowest BCUT2D eigenvalue weighted by Gasteiger charge is -2.38. The van der Waals surface area contributed by atoms with E-state index in [-0.39, 0.29) is 17.7 Å². The van der Waals surface area contributed by atoms with Crippen LogP contribution in [0.2, 0.25) is 0 Å². The summed E-state index contributed by atoms with van der Waals surface area (Å²) in [5.74, 6) is 0. The topological polar surface area (TPSA) is 44.8 Å². The van der Waals surface area contributed by atoms with Gasteiger partial charge in [0.2, 0.25) is 0 Å². The highest BCUT2D eigenvalue weighted by atomic mass is 16.6. The molecule has 0 spiro atoms. The van der Waals surface area contributed by atoms with Crippen LogP contribution in [-0.4, -0.2) is 66.8 Å². The number of amides is 1. The second-order valence-electron chi connectivity index (χ2n) is 8.16. The molecule has 1 unspecified atom stereocenters. The van der Waals surface area contributed by atoms with E-state index in [2.05, 4.69) is 38.2 Å². The monoisotopic (exact) mass is 313 g/mol. The zero-order valence-electron chi connectivity index (χ0n) is 15.5. The summed E-state index contributed by atoms with van der Waals surface area (Å²) < 4.78 is 5.54. The minimum Gasteiger partial charge on any atom is -0.444 e. The molecular weight excluding hydrogens is 278 g/mol. The summed E-state index contributed by atoms with van der Waals surface area (Å²) >= 11 is 0. The fourth-order valence-corrected chi connectivity index (χ4v) is 2.48. The normalized spacial score (nSPS) is 20.4. The molecule has 0 aromatic carbocycles. The Morgan fingerprint density at radius 3 is 2.41 bits per heavy atom. The molecule has 5 nitrogen and oxygen atoms in total. The fourth-order valence-electron chi connectivity index (χ4n) is 2.48. The van der Waals surface area contributed by atoms with Crippen molar-refractivity contribution in [2.75, 3.05) is 33.7 Å². The summed E-state index contributed by atoms with van der Waals surface area (Å²) in [5.41, 5.74) is -0.329. The van der Waals surface area contributed by atoms with Gasteiger partial charge in [0, 0.05) is 31.2 Å². The number of hydrogen-bond donors (Lipinski definition) is 1. The Balaban J connectivity index is 2.54. The van der Waals surface area contributed by atoms with E-state index in [0.717, 1.165) is 32.5 Å². The number of carbonyl (C=O) groups excluding carboxylic acids is 1. The highest BCUT2D eigenvalue weighted by Crippen LogP contribution is 2.20. The van der Waals surface area contributed by atoms with Gasteiger partial charge in [-0.05, 0) is 68.0 Å². The number of nitrogens with zero attached hydrogens (tertiary/aromatic N) is 2. The minimum atomic E-state index is -0.431. The van der Waals surface area contributed by atoms with E-state index in [1.165, 1.54) is 6.42 Å². The first-order valence-corrected chi connectivity index (χ1v) is 8.41. The summed E-state index contributed by atoms with van der Waals surface area (Å²) in [6.07, 6.45) is 3.13. The van der Waals surface area contributed by atoms with Crippen molar-refractivity contribution in [1.82, 2.24) is 15.1 Å². The molecule has 0 bridgehead atoms. The number of hydrogen-bond acceptors (Lipinski definition) is 4. The number of rotatable bonds is 5. The summed E-state index contributed by atoms with van der Waals surface area (Å²) in [4.78, 5) is 16.5. The number of nitrogens with one attached hydrogen (secondary N) is 1. The molecule has 1 saturated heterocycles. The van der Waals surface area contributed by atoms with Gasteiger partial charge in [-0.25, -0.2) is 4.79 Å². The Kier molecular flexibility index (Phi) is 6.68. The molecule has 0 aromatic rings. The third-order valence-corrected chi connectivity index (χ3v) is 4.40. The van der Waals surface area contributed by atoms with Gasteiger partial charge in [0.1, 0.15) is 5.60 Å². The standard InChI is InChI=1S/C17H35N3O2/c1-16(2,3)22-15(21)20-11-9-8-10-14(20)12-18-13-17(4,5)19(6)7/h14,18H,8-13H2,1-7H3. The quantitative estimate of drug-likeness (QED) is 0.847. The molecule has 1 atom stereocenters. The van der Waals surface area contributed by atoms with Crippen molar-refractivity contribution in [3.05, 3.63) is 0 Å². The van der Waals surface area contributed by atoms with Crippen molar-refractivity contribution in [3.63, 3.8) is 0 Å². The lowest BCUT2D eigenvalue weighted by Crippen LogP contribution is -2.53. The third-order valence-electron chi connectivity index (χ3n) is 4.40. The molecule has 1 heterocycles. The number of piperidine rings is 1. The lowest BCUT2D eigenvalue weighted by atomic mass is 10.0. The molecule has 1 aliphatic rings. The Labute approximate surface area is 136 Å². The van der Waals surface area contributed by atoms with Crippen LogP contribution < -0.4 is 5.32 Å². The Hall–Kier alpha value is -0.810. The summed E-state index contributed by atoms with van der Waals surface area (Å²) in [6, 6.07) is 0.238. The predicted molar refractivity (Wildman–Crippen MR) is 91.2 cm³/mol. The Morgan fingerprint density at radius 1 is 1.23 bits per heavy atom. The largest absolute Gasteiger partial charge is 0.444 e. The molecule has 0 aromatic heterocycles. The molecule has 1 N–H and O–H groups in total. The second-order valence-corrected chi connectivity index (χ2v) is 8.16. The fraction of sp³-hybridized carbons (Fsp3) is 0.941. The van der Waals surface area contributed by atoms with Crippen molar-refractivity contribution in [2.45, 2.75) is 71.1 Å². The van der Waals surface area contributed by atoms with Gasteiger partial charge < -0.3 is 19.9 Å². The van der Waals surface area contributed by atoms with Crippen LogP contribution in [0.1, 0.15) is 53.9 Å². The molecule has 22 heavy (non-hydrogen) atoms. The van der Waals surface area contributed by atoms with Crippen LogP contribution in [0.5, 0.6) is 0 Å². The molecule has 0 radical (unpaired) electrons. The van der Waals surface area contributed by atoms with E-state index in [9.17, 15) is 4.79 Å². The van der Waals surface area contributed by atoms with Gasteiger partial charge in [-0.2, -0.15) is 0 Å². The van der Waals surface area contributed by atoms with Crippen molar-refractivity contribution in [1.29, 1.82) is 0 Å². The van der Waals surface area contributed by atoms with Gasteiger partial charge in [-0.15, -0.1) is 0 Å². The average molecular weight is 313 g/mol. The SMILES string of the molecule is CN(C)C(C)(C)CNCC1CCCCN1C(=O)OC(C)(C)C. The second kappa shape index (κ2) is 7.64. The van der Waals surface area contributed by atoms with Gasteiger partial charge in [0.15, 0.2) is 0 Å². The van der Waals surface area contributed by atoms with Crippen LogP contribution in [-0.2, 0) is 4.74 Å². The van der Waals surface area contributed by atoms with Crippen LogP contribution in [0.15, 0.2) is 0 Å². The summed E-state index contributed by atoms with van der Waals surface area (Å²) in [5, 5.41) is 3.53. The minimum absolute atomic E-state index is 0.103. The van der Waals surface area contributed by atoms with Crippen molar-refractivity contribution in [2.24, 2.45) is 0 Å². The van der Waals surface area contributed by atoms with E-state index in [1.807, 2.05) is 25.7 Å². The molecule has 130 valence electrons. The molecule has 1 aliphatic heterocycles. The Bertz CT molecular complexity index is 361. The molecule has 1 rings (SSSR count). The van der Waals surface area contributed by atoms with Crippen LogP contribution in [0, 0.1) is 0 Å².